The number of nitrogens with one attached hydrogen (secondary N) is 1. The second-order valence-corrected chi connectivity index (χ2v) is 4.21. The third-order valence-corrected chi connectivity index (χ3v) is 3.15. The van der Waals surface area contributed by atoms with Crippen molar-refractivity contribution in [3.05, 3.63) is 53.6 Å². The summed E-state index contributed by atoms with van der Waals surface area (Å²) in [6, 6.07) is 8.28. The molecule has 4 nitrogen and oxygen atoms in total. The Morgan fingerprint density at radius 3 is 2.88 bits per heavy atom. The number of carbonyl (C=O) groups is 1. The monoisotopic (exact) mass is 227 g/mol. The van der Waals surface area contributed by atoms with E-state index in [0.717, 1.165) is 13.0 Å². The normalized spacial score (nSPS) is 14.5. The van der Waals surface area contributed by atoms with E-state index in [1.54, 1.807) is 6.20 Å². The Labute approximate surface area is 99.3 Å². The van der Waals surface area contributed by atoms with E-state index in [1.807, 2.05) is 17.0 Å². The molecule has 17 heavy (non-hydrogen) atoms. The molecule has 2 heterocycles. The largest absolute Gasteiger partial charge is 0.341 e. The predicted molar refractivity (Wildman–Crippen MR) is 63.5 cm³/mol. The number of benzene rings is 1. The van der Waals surface area contributed by atoms with Gasteiger partial charge in [0.2, 0.25) is 0 Å². The zero-order valence-electron chi connectivity index (χ0n) is 9.39. The molecule has 1 aliphatic heterocycles. The third kappa shape index (κ3) is 1.82. The van der Waals surface area contributed by atoms with Gasteiger partial charge in [0.05, 0.1) is 12.5 Å². The Bertz CT molecular complexity index is 533. The van der Waals surface area contributed by atoms with Crippen LogP contribution < -0.4 is 0 Å². The molecule has 0 spiro atoms. The van der Waals surface area contributed by atoms with Crippen LogP contribution in [-0.2, 0) is 13.0 Å². The Morgan fingerprint density at radius 2 is 2.12 bits per heavy atom. The Kier molecular flexibility index (Phi) is 2.40. The number of hydrogen-bond donors (Lipinski definition) is 1. The van der Waals surface area contributed by atoms with Gasteiger partial charge in [-0.3, -0.25) is 4.79 Å². The fourth-order valence-electron chi connectivity index (χ4n) is 2.21. The van der Waals surface area contributed by atoms with Crippen LogP contribution >= 0.6 is 0 Å². The molecular weight excluding hydrogens is 214 g/mol. The summed E-state index contributed by atoms with van der Waals surface area (Å²) in [6.45, 7) is 1.46. The lowest BCUT2D eigenvalue weighted by molar-refractivity contribution is 0.0729. The molecule has 0 aliphatic carbocycles. The van der Waals surface area contributed by atoms with Gasteiger partial charge in [0.15, 0.2) is 0 Å². The van der Waals surface area contributed by atoms with Crippen molar-refractivity contribution in [3.8, 4) is 0 Å². The third-order valence-electron chi connectivity index (χ3n) is 3.15. The summed E-state index contributed by atoms with van der Waals surface area (Å²) in [5.41, 5.74) is 3.15. The lowest BCUT2D eigenvalue weighted by atomic mass is 10.00. The summed E-state index contributed by atoms with van der Waals surface area (Å²) in [7, 11) is 0. The first-order valence-electron chi connectivity index (χ1n) is 5.69. The van der Waals surface area contributed by atoms with E-state index >= 15 is 0 Å². The minimum absolute atomic E-state index is 0.0250. The van der Waals surface area contributed by atoms with E-state index in [4.69, 9.17) is 0 Å². The fraction of sp³-hybridized carbons (Fsp3) is 0.231. The molecule has 1 aliphatic rings. The molecule has 1 aromatic carbocycles. The summed E-state index contributed by atoms with van der Waals surface area (Å²) < 4.78 is 0. The highest BCUT2D eigenvalue weighted by molar-refractivity contribution is 5.92. The standard InChI is InChI=1S/C13H13N3O/c17-13(12-7-14-9-15-12)16-6-5-10-3-1-2-4-11(10)8-16/h1-4,7,9H,5-6,8H2,(H,14,15). The zero-order valence-corrected chi connectivity index (χ0v) is 9.39. The topological polar surface area (TPSA) is 49.0 Å². The van der Waals surface area contributed by atoms with E-state index in [0.29, 0.717) is 12.2 Å². The summed E-state index contributed by atoms with van der Waals surface area (Å²) in [6.07, 6.45) is 4.03. The summed E-state index contributed by atoms with van der Waals surface area (Å²) in [5, 5.41) is 0. The Balaban J connectivity index is 1.83. The number of aromatic nitrogens is 2. The van der Waals surface area contributed by atoms with Crippen LogP contribution in [0.3, 0.4) is 0 Å². The molecule has 86 valence electrons. The zero-order chi connectivity index (χ0) is 11.7. The second-order valence-electron chi connectivity index (χ2n) is 4.21. The van der Waals surface area contributed by atoms with Gasteiger partial charge >= 0.3 is 0 Å². The van der Waals surface area contributed by atoms with Crippen LogP contribution in [0.5, 0.6) is 0 Å². The van der Waals surface area contributed by atoms with Gasteiger partial charge < -0.3 is 9.88 Å². The maximum absolute atomic E-state index is 12.1. The minimum atomic E-state index is 0.0250. The van der Waals surface area contributed by atoms with Crippen molar-refractivity contribution >= 4 is 5.91 Å². The van der Waals surface area contributed by atoms with Gasteiger partial charge in [0.1, 0.15) is 5.69 Å². The van der Waals surface area contributed by atoms with E-state index < -0.39 is 0 Å². The highest BCUT2D eigenvalue weighted by Gasteiger charge is 2.21. The highest BCUT2D eigenvalue weighted by atomic mass is 16.2. The number of imidazole rings is 1. The van der Waals surface area contributed by atoms with Crippen LogP contribution in [0.1, 0.15) is 21.6 Å². The first-order valence-corrected chi connectivity index (χ1v) is 5.69. The van der Waals surface area contributed by atoms with Gasteiger partial charge in [0.25, 0.3) is 5.91 Å². The number of carbonyl (C=O) groups excluding carboxylic acids is 1. The quantitative estimate of drug-likeness (QED) is 0.804. The summed E-state index contributed by atoms with van der Waals surface area (Å²) in [4.78, 5) is 20.7. The van der Waals surface area contributed by atoms with E-state index in [1.165, 1.54) is 17.5 Å². The Hall–Kier alpha value is -2.10. The lowest BCUT2D eigenvalue weighted by Crippen LogP contribution is -2.36. The Morgan fingerprint density at radius 1 is 1.29 bits per heavy atom. The molecular formula is C13H13N3O. The van der Waals surface area contributed by atoms with Crippen LogP contribution in [0, 0.1) is 0 Å². The molecule has 0 saturated carbocycles. The van der Waals surface area contributed by atoms with Crippen molar-refractivity contribution in [1.29, 1.82) is 0 Å². The first-order chi connectivity index (χ1) is 8.34. The molecule has 0 unspecified atom stereocenters. The molecule has 0 saturated heterocycles. The molecule has 1 N–H and O–H groups in total. The van der Waals surface area contributed by atoms with Crippen molar-refractivity contribution in [2.75, 3.05) is 6.54 Å². The van der Waals surface area contributed by atoms with Gasteiger partial charge in [-0.05, 0) is 17.5 Å². The average molecular weight is 227 g/mol. The van der Waals surface area contributed by atoms with Gasteiger partial charge in [-0.1, -0.05) is 24.3 Å². The number of aromatic amines is 1. The first kappa shape index (κ1) is 10.1. The smallest absolute Gasteiger partial charge is 0.272 e. The molecule has 2 aromatic rings. The number of nitrogens with zero attached hydrogens (tertiary/aromatic N) is 2. The van der Waals surface area contributed by atoms with Crippen molar-refractivity contribution in [1.82, 2.24) is 14.9 Å². The van der Waals surface area contributed by atoms with Crippen LogP contribution in [-0.4, -0.2) is 27.3 Å². The van der Waals surface area contributed by atoms with Gasteiger partial charge in [-0.2, -0.15) is 0 Å². The SMILES string of the molecule is O=C(c1cnc[nH]1)N1CCc2ccccc2C1. The number of amides is 1. The number of H-pyrrole nitrogens is 1. The maximum atomic E-state index is 12.1. The van der Waals surface area contributed by atoms with E-state index in [9.17, 15) is 4.79 Å². The molecule has 0 radical (unpaired) electrons. The van der Waals surface area contributed by atoms with Crippen LogP contribution in [0.2, 0.25) is 0 Å². The van der Waals surface area contributed by atoms with Crippen LogP contribution in [0.25, 0.3) is 0 Å². The lowest BCUT2D eigenvalue weighted by Gasteiger charge is -2.28. The minimum Gasteiger partial charge on any atom is -0.341 e. The van der Waals surface area contributed by atoms with Crippen molar-refractivity contribution in [3.63, 3.8) is 0 Å². The van der Waals surface area contributed by atoms with Crippen molar-refractivity contribution in [2.45, 2.75) is 13.0 Å². The summed E-state index contributed by atoms with van der Waals surface area (Å²) >= 11 is 0. The van der Waals surface area contributed by atoms with Gasteiger partial charge in [-0.25, -0.2) is 4.98 Å². The van der Waals surface area contributed by atoms with E-state index in [-0.39, 0.29) is 5.91 Å². The fourth-order valence-corrected chi connectivity index (χ4v) is 2.21. The second kappa shape index (κ2) is 4.05. The van der Waals surface area contributed by atoms with Crippen LogP contribution in [0.15, 0.2) is 36.8 Å². The maximum Gasteiger partial charge on any atom is 0.272 e. The molecule has 0 atom stereocenters. The summed E-state index contributed by atoms with van der Waals surface area (Å²) in [5.74, 6) is 0.0250. The van der Waals surface area contributed by atoms with Crippen molar-refractivity contribution in [2.24, 2.45) is 0 Å². The molecule has 1 amide bonds. The molecule has 4 heteroatoms. The highest BCUT2D eigenvalue weighted by Crippen LogP contribution is 2.19. The average Bonchev–Trinajstić information content (AvgIpc) is 2.91. The van der Waals surface area contributed by atoms with Crippen LogP contribution in [0.4, 0.5) is 0 Å². The van der Waals surface area contributed by atoms with Gasteiger partial charge in [0, 0.05) is 13.1 Å². The molecule has 0 fully saturated rings. The molecule has 0 bridgehead atoms. The van der Waals surface area contributed by atoms with Crippen molar-refractivity contribution < 1.29 is 4.79 Å². The van der Waals surface area contributed by atoms with Gasteiger partial charge in [-0.15, -0.1) is 0 Å². The van der Waals surface area contributed by atoms with E-state index in [2.05, 4.69) is 22.1 Å². The molecule has 1 aromatic heterocycles. The number of hydrogen-bond acceptors (Lipinski definition) is 2. The number of fused-ring (bicyclic) bond motifs is 1. The number of rotatable bonds is 1. The molecule has 3 rings (SSSR count). The predicted octanol–water partition coefficient (Wildman–Crippen LogP) is 1.61.